The van der Waals surface area contributed by atoms with E-state index >= 15 is 0 Å². The Hall–Kier alpha value is -1.03. The summed E-state index contributed by atoms with van der Waals surface area (Å²) >= 11 is 2.32. The van der Waals surface area contributed by atoms with Crippen LogP contribution in [0.2, 0.25) is 0 Å². The number of rotatable bonds is 5. The highest BCUT2D eigenvalue weighted by molar-refractivity contribution is 14.1. The van der Waals surface area contributed by atoms with E-state index in [2.05, 4.69) is 66.8 Å². The molecular weight excluding hydrogens is 347 g/mol. The van der Waals surface area contributed by atoms with Crippen molar-refractivity contribution in [3.05, 3.63) is 63.7 Å². The van der Waals surface area contributed by atoms with Gasteiger partial charge in [0.1, 0.15) is 11.9 Å². The third-order valence-corrected chi connectivity index (χ3v) is 4.27. The molecule has 2 atom stereocenters. The van der Waals surface area contributed by atoms with Crippen LogP contribution in [0.3, 0.4) is 0 Å². The molecule has 0 aromatic heterocycles. The van der Waals surface area contributed by atoms with Crippen LogP contribution in [0, 0.1) is 9.49 Å². The third kappa shape index (κ3) is 3.72. The smallest absolute Gasteiger partial charge is 0.133 e. The highest BCUT2D eigenvalue weighted by Crippen LogP contribution is 2.32. The lowest BCUT2D eigenvalue weighted by Crippen LogP contribution is -2.16. The molecular formula is C17H19IO. The molecule has 2 aromatic carbocycles. The monoisotopic (exact) mass is 366 g/mol. The summed E-state index contributed by atoms with van der Waals surface area (Å²) < 4.78 is 7.43. The average molecular weight is 366 g/mol. The van der Waals surface area contributed by atoms with E-state index in [1.165, 1.54) is 5.56 Å². The predicted molar refractivity (Wildman–Crippen MR) is 88.4 cm³/mol. The number of hydrogen-bond donors (Lipinski definition) is 0. The first kappa shape index (κ1) is 14.4. The first-order valence-electron chi connectivity index (χ1n) is 6.68. The van der Waals surface area contributed by atoms with Crippen molar-refractivity contribution >= 4 is 22.6 Å². The fourth-order valence-corrected chi connectivity index (χ4v) is 2.56. The zero-order valence-electron chi connectivity index (χ0n) is 11.3. The summed E-state index contributed by atoms with van der Waals surface area (Å²) in [5.74, 6) is 1.45. The quantitative estimate of drug-likeness (QED) is 0.639. The molecule has 0 heterocycles. The minimum absolute atomic E-state index is 0.113. The van der Waals surface area contributed by atoms with Crippen LogP contribution in [-0.4, -0.2) is 0 Å². The van der Waals surface area contributed by atoms with E-state index in [1.807, 2.05) is 24.3 Å². The lowest BCUT2D eigenvalue weighted by atomic mass is 9.95. The Balaban J connectivity index is 2.27. The molecule has 0 fully saturated rings. The second-order valence-electron chi connectivity index (χ2n) is 4.77. The average Bonchev–Trinajstić information content (AvgIpc) is 2.46. The minimum Gasteiger partial charge on any atom is -0.484 e. The van der Waals surface area contributed by atoms with E-state index < -0.39 is 0 Å². The number of hydrogen-bond acceptors (Lipinski definition) is 1. The highest BCUT2D eigenvalue weighted by atomic mass is 127. The third-order valence-electron chi connectivity index (χ3n) is 3.38. The molecule has 0 bridgehead atoms. The normalized spacial score (nSPS) is 13.8. The first-order valence-corrected chi connectivity index (χ1v) is 7.76. The molecule has 2 rings (SSSR count). The van der Waals surface area contributed by atoms with Crippen molar-refractivity contribution in [1.29, 1.82) is 0 Å². The van der Waals surface area contributed by atoms with Gasteiger partial charge in [0.2, 0.25) is 0 Å². The van der Waals surface area contributed by atoms with E-state index in [4.69, 9.17) is 4.74 Å². The molecule has 100 valence electrons. The standard InChI is InChI=1S/C17H19IO/c1-3-13(2)17(14-9-5-4-6-10-14)19-16-12-8-7-11-15(16)18/h4-13,17H,3H2,1-2H3. The van der Waals surface area contributed by atoms with Gasteiger partial charge in [-0.3, -0.25) is 0 Å². The van der Waals surface area contributed by atoms with Gasteiger partial charge in [0.25, 0.3) is 0 Å². The zero-order chi connectivity index (χ0) is 13.7. The molecule has 0 aliphatic rings. The zero-order valence-corrected chi connectivity index (χ0v) is 13.5. The number of ether oxygens (including phenoxy) is 1. The molecule has 0 radical (unpaired) electrons. The van der Waals surface area contributed by atoms with Crippen LogP contribution in [0.5, 0.6) is 5.75 Å². The minimum atomic E-state index is 0.113. The van der Waals surface area contributed by atoms with Crippen molar-refractivity contribution in [3.63, 3.8) is 0 Å². The van der Waals surface area contributed by atoms with Gasteiger partial charge in [-0.25, -0.2) is 0 Å². The molecule has 2 heteroatoms. The van der Waals surface area contributed by atoms with Crippen LogP contribution < -0.4 is 4.74 Å². The summed E-state index contributed by atoms with van der Waals surface area (Å²) in [5, 5.41) is 0. The van der Waals surface area contributed by atoms with Crippen molar-refractivity contribution in [1.82, 2.24) is 0 Å². The molecule has 2 aromatic rings. The van der Waals surface area contributed by atoms with Gasteiger partial charge < -0.3 is 4.74 Å². The molecule has 0 spiro atoms. The number of benzene rings is 2. The van der Waals surface area contributed by atoms with E-state index in [9.17, 15) is 0 Å². The SMILES string of the molecule is CCC(C)C(Oc1ccccc1I)c1ccccc1. The molecule has 0 N–H and O–H groups in total. The summed E-state index contributed by atoms with van der Waals surface area (Å²) in [7, 11) is 0. The van der Waals surface area contributed by atoms with Gasteiger partial charge in [-0.05, 0) is 52.6 Å². The lowest BCUT2D eigenvalue weighted by molar-refractivity contribution is 0.140. The largest absolute Gasteiger partial charge is 0.484 e. The van der Waals surface area contributed by atoms with Crippen LogP contribution in [0.1, 0.15) is 31.9 Å². The van der Waals surface area contributed by atoms with Crippen LogP contribution >= 0.6 is 22.6 Å². The van der Waals surface area contributed by atoms with Crippen molar-refractivity contribution in [2.24, 2.45) is 5.92 Å². The molecule has 1 nitrogen and oxygen atoms in total. The molecule has 0 saturated heterocycles. The van der Waals surface area contributed by atoms with Gasteiger partial charge in [-0.1, -0.05) is 56.3 Å². The van der Waals surface area contributed by atoms with Crippen LogP contribution in [0.4, 0.5) is 0 Å². The second kappa shape index (κ2) is 6.94. The Morgan fingerprint density at radius 3 is 2.26 bits per heavy atom. The first-order chi connectivity index (χ1) is 9.22. The van der Waals surface area contributed by atoms with Crippen LogP contribution in [0.25, 0.3) is 0 Å². The summed E-state index contributed by atoms with van der Waals surface area (Å²) in [5.41, 5.74) is 1.25. The van der Waals surface area contributed by atoms with Gasteiger partial charge in [0.05, 0.1) is 3.57 Å². The Morgan fingerprint density at radius 2 is 1.63 bits per heavy atom. The molecule has 0 saturated carbocycles. The second-order valence-corrected chi connectivity index (χ2v) is 5.93. The fraction of sp³-hybridized carbons (Fsp3) is 0.294. The summed E-state index contributed by atoms with van der Waals surface area (Å²) in [6.07, 6.45) is 1.21. The van der Waals surface area contributed by atoms with Gasteiger partial charge in [0, 0.05) is 0 Å². The Morgan fingerprint density at radius 1 is 1.00 bits per heavy atom. The van der Waals surface area contributed by atoms with E-state index in [0.29, 0.717) is 5.92 Å². The van der Waals surface area contributed by atoms with Gasteiger partial charge in [-0.15, -0.1) is 0 Å². The van der Waals surface area contributed by atoms with Crippen molar-refractivity contribution in [3.8, 4) is 5.75 Å². The maximum absolute atomic E-state index is 6.28. The van der Waals surface area contributed by atoms with Crippen LogP contribution in [0.15, 0.2) is 54.6 Å². The maximum atomic E-state index is 6.28. The van der Waals surface area contributed by atoms with Crippen molar-refractivity contribution < 1.29 is 4.74 Å². The van der Waals surface area contributed by atoms with Gasteiger partial charge in [0.15, 0.2) is 0 Å². The van der Waals surface area contributed by atoms with E-state index in [1.54, 1.807) is 0 Å². The molecule has 19 heavy (non-hydrogen) atoms. The molecule has 0 aliphatic carbocycles. The molecule has 0 aliphatic heterocycles. The highest BCUT2D eigenvalue weighted by Gasteiger charge is 2.20. The van der Waals surface area contributed by atoms with E-state index in [0.717, 1.165) is 15.7 Å². The predicted octanol–water partition coefficient (Wildman–Crippen LogP) is 5.46. The Labute approximate surface area is 129 Å². The summed E-state index contributed by atoms with van der Waals surface area (Å²) in [6, 6.07) is 18.7. The Bertz CT molecular complexity index is 510. The van der Waals surface area contributed by atoms with Crippen LogP contribution in [-0.2, 0) is 0 Å². The van der Waals surface area contributed by atoms with Gasteiger partial charge >= 0.3 is 0 Å². The topological polar surface area (TPSA) is 9.23 Å². The number of halogens is 1. The maximum Gasteiger partial charge on any atom is 0.133 e. The van der Waals surface area contributed by atoms with Gasteiger partial charge in [-0.2, -0.15) is 0 Å². The Kier molecular flexibility index (Phi) is 5.25. The molecule has 2 unspecified atom stereocenters. The fourth-order valence-electron chi connectivity index (χ4n) is 2.05. The van der Waals surface area contributed by atoms with Crippen molar-refractivity contribution in [2.45, 2.75) is 26.4 Å². The lowest BCUT2D eigenvalue weighted by Gasteiger charge is -2.25. The van der Waals surface area contributed by atoms with E-state index in [-0.39, 0.29) is 6.10 Å². The number of para-hydroxylation sites is 1. The molecule has 0 amide bonds. The summed E-state index contributed by atoms with van der Waals surface area (Å²) in [6.45, 7) is 4.45. The summed E-state index contributed by atoms with van der Waals surface area (Å²) in [4.78, 5) is 0. The van der Waals surface area contributed by atoms with Crippen molar-refractivity contribution in [2.75, 3.05) is 0 Å².